The molecule has 0 nitrogen and oxygen atoms in total. The van der Waals surface area contributed by atoms with Crippen molar-refractivity contribution in [3.05, 3.63) is 33.8 Å². The second kappa shape index (κ2) is 4.95. The summed E-state index contributed by atoms with van der Waals surface area (Å²) in [5.41, 5.74) is 1.03. The van der Waals surface area contributed by atoms with Crippen LogP contribution in [-0.2, 0) is 0 Å². The standard InChI is InChI=1S/C9H8BrClS/c1-12-8-3-2-7(4-5-10)9(11)6-8/h2-6H,1H3. The SMILES string of the molecule is CSc1ccc(C=CBr)c(Cl)c1. The van der Waals surface area contributed by atoms with Crippen LogP contribution in [0.5, 0.6) is 0 Å². The van der Waals surface area contributed by atoms with Crippen molar-refractivity contribution in [2.75, 3.05) is 6.26 Å². The van der Waals surface area contributed by atoms with Gasteiger partial charge in [-0.1, -0.05) is 33.6 Å². The molecule has 64 valence electrons. The molecule has 0 fully saturated rings. The summed E-state index contributed by atoms with van der Waals surface area (Å²) < 4.78 is 0. The Kier molecular flexibility index (Phi) is 4.19. The first kappa shape index (κ1) is 10.2. The minimum absolute atomic E-state index is 0.789. The molecule has 0 heterocycles. The van der Waals surface area contributed by atoms with Gasteiger partial charge >= 0.3 is 0 Å². The smallest absolute Gasteiger partial charge is 0.0489 e. The lowest BCUT2D eigenvalue weighted by Crippen LogP contribution is -1.75. The predicted octanol–water partition coefficient (Wildman–Crippen LogP) is 4.43. The third-order valence-corrected chi connectivity index (χ3v) is 2.77. The maximum Gasteiger partial charge on any atom is 0.0489 e. The van der Waals surface area contributed by atoms with Crippen LogP contribution in [0, 0.1) is 0 Å². The van der Waals surface area contributed by atoms with Crippen molar-refractivity contribution >= 4 is 45.4 Å². The van der Waals surface area contributed by atoms with Gasteiger partial charge < -0.3 is 0 Å². The van der Waals surface area contributed by atoms with Gasteiger partial charge in [0.15, 0.2) is 0 Å². The first-order valence-corrected chi connectivity index (χ1v) is 5.90. The molecule has 1 aromatic carbocycles. The van der Waals surface area contributed by atoms with E-state index in [0.717, 1.165) is 10.6 Å². The molecule has 0 aliphatic rings. The Morgan fingerprint density at radius 2 is 2.25 bits per heavy atom. The Labute approximate surface area is 90.1 Å². The number of hydrogen-bond acceptors (Lipinski definition) is 1. The third-order valence-electron chi connectivity index (χ3n) is 1.45. The van der Waals surface area contributed by atoms with Crippen LogP contribution in [0.25, 0.3) is 6.08 Å². The molecular formula is C9H8BrClS. The van der Waals surface area contributed by atoms with Gasteiger partial charge in [0.1, 0.15) is 0 Å². The highest BCUT2D eigenvalue weighted by Crippen LogP contribution is 2.24. The predicted molar refractivity (Wildman–Crippen MR) is 61.2 cm³/mol. The quantitative estimate of drug-likeness (QED) is 0.712. The van der Waals surface area contributed by atoms with Crippen molar-refractivity contribution in [1.82, 2.24) is 0 Å². The van der Waals surface area contributed by atoms with Crippen molar-refractivity contribution in [2.45, 2.75) is 4.90 Å². The molecule has 3 heteroatoms. The van der Waals surface area contributed by atoms with Crippen molar-refractivity contribution in [3.63, 3.8) is 0 Å². The molecule has 0 unspecified atom stereocenters. The van der Waals surface area contributed by atoms with Crippen LogP contribution >= 0.6 is 39.3 Å². The zero-order chi connectivity index (χ0) is 8.97. The van der Waals surface area contributed by atoms with Gasteiger partial charge in [0.2, 0.25) is 0 Å². The lowest BCUT2D eigenvalue weighted by Gasteiger charge is -2.00. The number of rotatable bonds is 2. The molecule has 0 radical (unpaired) electrons. The van der Waals surface area contributed by atoms with Crippen LogP contribution in [0.2, 0.25) is 5.02 Å². The van der Waals surface area contributed by atoms with Crippen molar-refractivity contribution in [3.8, 4) is 0 Å². The van der Waals surface area contributed by atoms with Gasteiger partial charge in [-0.3, -0.25) is 0 Å². The Bertz CT molecular complexity index is 297. The fourth-order valence-electron chi connectivity index (χ4n) is 0.838. The Balaban J connectivity index is 3.03. The Morgan fingerprint density at radius 3 is 2.75 bits per heavy atom. The number of benzene rings is 1. The summed E-state index contributed by atoms with van der Waals surface area (Å²) in [6.45, 7) is 0. The van der Waals surface area contributed by atoms with Crippen LogP contribution < -0.4 is 0 Å². The van der Waals surface area contributed by atoms with Gasteiger partial charge in [0.05, 0.1) is 0 Å². The average Bonchev–Trinajstić information content (AvgIpc) is 2.09. The topological polar surface area (TPSA) is 0 Å². The van der Waals surface area contributed by atoms with Crippen LogP contribution in [0.15, 0.2) is 28.1 Å². The summed E-state index contributed by atoms with van der Waals surface area (Å²) in [6.07, 6.45) is 3.96. The van der Waals surface area contributed by atoms with E-state index < -0.39 is 0 Å². The fourth-order valence-corrected chi connectivity index (χ4v) is 1.87. The molecule has 0 N–H and O–H groups in total. The van der Waals surface area contributed by atoms with Crippen LogP contribution in [0.3, 0.4) is 0 Å². The molecule has 0 bridgehead atoms. The molecule has 1 aromatic rings. The van der Waals surface area contributed by atoms with Gasteiger partial charge in [-0.25, -0.2) is 0 Å². The van der Waals surface area contributed by atoms with Crippen molar-refractivity contribution in [1.29, 1.82) is 0 Å². The number of hydrogen-bond donors (Lipinski definition) is 0. The van der Waals surface area contributed by atoms with E-state index in [9.17, 15) is 0 Å². The van der Waals surface area contributed by atoms with E-state index in [0.29, 0.717) is 0 Å². The maximum absolute atomic E-state index is 6.00. The molecule has 0 aliphatic carbocycles. The molecule has 0 amide bonds. The minimum atomic E-state index is 0.789. The summed E-state index contributed by atoms with van der Waals surface area (Å²) >= 11 is 10.9. The summed E-state index contributed by atoms with van der Waals surface area (Å²) in [5.74, 6) is 0. The Hall–Kier alpha value is 0.0800. The zero-order valence-corrected chi connectivity index (χ0v) is 9.71. The normalized spacial score (nSPS) is 10.9. The van der Waals surface area contributed by atoms with Gasteiger partial charge in [-0.05, 0) is 35.0 Å². The maximum atomic E-state index is 6.00. The summed E-state index contributed by atoms with van der Waals surface area (Å²) in [5, 5.41) is 0.789. The molecule has 0 aromatic heterocycles. The fraction of sp³-hybridized carbons (Fsp3) is 0.111. The van der Waals surface area contributed by atoms with Crippen molar-refractivity contribution in [2.24, 2.45) is 0 Å². The molecule has 12 heavy (non-hydrogen) atoms. The second-order valence-corrected chi connectivity index (χ2v) is 4.00. The average molecular weight is 264 g/mol. The number of halogens is 2. The van der Waals surface area contributed by atoms with E-state index in [4.69, 9.17) is 11.6 Å². The minimum Gasteiger partial charge on any atom is -0.130 e. The molecule has 0 atom stereocenters. The van der Waals surface area contributed by atoms with E-state index in [1.807, 2.05) is 24.5 Å². The summed E-state index contributed by atoms with van der Waals surface area (Å²) in [6, 6.07) is 6.03. The molecule has 0 spiro atoms. The van der Waals surface area contributed by atoms with E-state index in [1.165, 1.54) is 4.90 Å². The highest BCUT2D eigenvalue weighted by Gasteiger charge is 1.97. The monoisotopic (exact) mass is 262 g/mol. The van der Waals surface area contributed by atoms with Gasteiger partial charge in [-0.2, -0.15) is 0 Å². The van der Waals surface area contributed by atoms with Crippen LogP contribution in [0.4, 0.5) is 0 Å². The van der Waals surface area contributed by atoms with E-state index in [-0.39, 0.29) is 0 Å². The van der Waals surface area contributed by atoms with Gasteiger partial charge in [-0.15, -0.1) is 11.8 Å². The van der Waals surface area contributed by atoms with Gasteiger partial charge in [0, 0.05) is 9.92 Å². The number of thioether (sulfide) groups is 1. The first-order chi connectivity index (χ1) is 5.77. The van der Waals surface area contributed by atoms with Gasteiger partial charge in [0.25, 0.3) is 0 Å². The van der Waals surface area contributed by atoms with E-state index in [2.05, 4.69) is 22.0 Å². The summed E-state index contributed by atoms with van der Waals surface area (Å²) in [7, 11) is 0. The second-order valence-electron chi connectivity index (χ2n) is 2.18. The zero-order valence-electron chi connectivity index (χ0n) is 6.55. The lowest BCUT2D eigenvalue weighted by molar-refractivity contribution is 1.45. The molecule has 1 rings (SSSR count). The molecule has 0 saturated heterocycles. The highest BCUT2D eigenvalue weighted by atomic mass is 79.9. The third kappa shape index (κ3) is 2.54. The molecular weight excluding hydrogens is 256 g/mol. The van der Waals surface area contributed by atoms with E-state index in [1.54, 1.807) is 16.7 Å². The molecule has 0 aliphatic heterocycles. The largest absolute Gasteiger partial charge is 0.130 e. The van der Waals surface area contributed by atoms with Crippen LogP contribution in [-0.4, -0.2) is 6.26 Å². The summed E-state index contributed by atoms with van der Waals surface area (Å²) in [4.78, 5) is 2.99. The van der Waals surface area contributed by atoms with Crippen molar-refractivity contribution < 1.29 is 0 Å². The lowest BCUT2D eigenvalue weighted by atomic mass is 10.2. The molecule has 0 saturated carbocycles. The van der Waals surface area contributed by atoms with E-state index >= 15 is 0 Å². The highest BCUT2D eigenvalue weighted by molar-refractivity contribution is 9.11. The Morgan fingerprint density at radius 1 is 1.50 bits per heavy atom. The van der Waals surface area contributed by atoms with Crippen LogP contribution in [0.1, 0.15) is 5.56 Å². The first-order valence-electron chi connectivity index (χ1n) is 3.38.